The van der Waals surface area contributed by atoms with Gasteiger partial charge < -0.3 is 9.30 Å². The molecule has 1 aromatic carbocycles. The molecule has 0 saturated heterocycles. The lowest BCUT2D eigenvalue weighted by Gasteiger charge is -2.08. The molecular formula is C18H19N3O2. The van der Waals surface area contributed by atoms with Crippen LogP contribution >= 0.6 is 0 Å². The van der Waals surface area contributed by atoms with Crippen molar-refractivity contribution in [2.75, 3.05) is 6.61 Å². The fraction of sp³-hybridized carbons (Fsp3) is 0.278. The molecule has 3 rings (SSSR count). The molecule has 118 valence electrons. The highest BCUT2D eigenvalue weighted by Crippen LogP contribution is 2.21. The van der Waals surface area contributed by atoms with Gasteiger partial charge in [0, 0.05) is 23.5 Å². The van der Waals surface area contributed by atoms with E-state index in [2.05, 4.69) is 21.5 Å². The number of ether oxygens (including phenoxy) is 1. The maximum Gasteiger partial charge on any atom is 0.224 e. The van der Waals surface area contributed by atoms with Crippen LogP contribution in [-0.4, -0.2) is 26.9 Å². The summed E-state index contributed by atoms with van der Waals surface area (Å²) in [7, 11) is 0. The third-order valence-electron chi connectivity index (χ3n) is 4.04. The number of carbonyl (C=O) groups is 1. The van der Waals surface area contributed by atoms with Crippen molar-refractivity contribution >= 4 is 16.7 Å². The molecule has 0 aliphatic carbocycles. The molecule has 0 radical (unpaired) electrons. The SMILES string of the molecule is CCn1c(C)cc(C(=O)COc2ncnc3ccccc23)c1C. The molecule has 0 aliphatic rings. The highest BCUT2D eigenvalue weighted by atomic mass is 16.5. The molecule has 2 heterocycles. The van der Waals surface area contributed by atoms with Crippen LogP contribution in [0.25, 0.3) is 10.9 Å². The van der Waals surface area contributed by atoms with E-state index in [1.807, 2.05) is 44.2 Å². The van der Waals surface area contributed by atoms with E-state index in [0.29, 0.717) is 11.4 Å². The van der Waals surface area contributed by atoms with Crippen LogP contribution in [0.2, 0.25) is 0 Å². The van der Waals surface area contributed by atoms with Gasteiger partial charge in [-0.1, -0.05) is 12.1 Å². The average Bonchev–Trinajstić information content (AvgIpc) is 2.86. The Kier molecular flexibility index (Phi) is 4.10. The lowest BCUT2D eigenvalue weighted by atomic mass is 10.1. The van der Waals surface area contributed by atoms with Gasteiger partial charge in [-0.2, -0.15) is 0 Å². The number of hydrogen-bond acceptors (Lipinski definition) is 4. The molecule has 0 unspecified atom stereocenters. The quantitative estimate of drug-likeness (QED) is 0.678. The zero-order valence-corrected chi connectivity index (χ0v) is 13.5. The van der Waals surface area contributed by atoms with Crippen molar-refractivity contribution in [1.82, 2.24) is 14.5 Å². The smallest absolute Gasteiger partial charge is 0.224 e. The van der Waals surface area contributed by atoms with Crippen LogP contribution in [0.5, 0.6) is 5.88 Å². The number of aromatic nitrogens is 3. The summed E-state index contributed by atoms with van der Waals surface area (Å²) >= 11 is 0. The first kappa shape index (κ1) is 15.2. The van der Waals surface area contributed by atoms with Crippen molar-refractivity contribution in [3.05, 3.63) is 53.6 Å². The maximum atomic E-state index is 12.5. The maximum absolute atomic E-state index is 12.5. The molecule has 0 amide bonds. The first-order chi connectivity index (χ1) is 11.1. The van der Waals surface area contributed by atoms with Gasteiger partial charge >= 0.3 is 0 Å². The summed E-state index contributed by atoms with van der Waals surface area (Å²) < 4.78 is 7.78. The van der Waals surface area contributed by atoms with Gasteiger partial charge in [0.2, 0.25) is 11.7 Å². The molecule has 0 saturated carbocycles. The van der Waals surface area contributed by atoms with E-state index < -0.39 is 0 Å². The Labute approximate surface area is 134 Å². The van der Waals surface area contributed by atoms with Gasteiger partial charge in [0.05, 0.1) is 10.9 Å². The molecule has 0 fully saturated rings. The van der Waals surface area contributed by atoms with Crippen LogP contribution in [0.1, 0.15) is 28.7 Å². The Morgan fingerprint density at radius 1 is 1.22 bits per heavy atom. The number of fused-ring (bicyclic) bond motifs is 1. The Morgan fingerprint density at radius 2 is 2.00 bits per heavy atom. The number of benzene rings is 1. The second-order valence-corrected chi connectivity index (χ2v) is 5.44. The second-order valence-electron chi connectivity index (χ2n) is 5.44. The van der Waals surface area contributed by atoms with Crippen LogP contribution in [0.15, 0.2) is 36.7 Å². The normalized spacial score (nSPS) is 10.9. The molecule has 0 aliphatic heterocycles. The number of Topliss-reactive ketones (excluding diaryl/α,β-unsaturated/α-hetero) is 1. The summed E-state index contributed by atoms with van der Waals surface area (Å²) in [5.74, 6) is 0.397. The van der Waals surface area contributed by atoms with Gasteiger partial charge in [0.25, 0.3) is 0 Å². The van der Waals surface area contributed by atoms with E-state index >= 15 is 0 Å². The third-order valence-corrected chi connectivity index (χ3v) is 4.04. The van der Waals surface area contributed by atoms with Crippen molar-refractivity contribution in [1.29, 1.82) is 0 Å². The van der Waals surface area contributed by atoms with Crippen molar-refractivity contribution < 1.29 is 9.53 Å². The molecule has 0 bridgehead atoms. The third kappa shape index (κ3) is 2.82. The van der Waals surface area contributed by atoms with Gasteiger partial charge in [0.1, 0.15) is 6.33 Å². The predicted molar refractivity (Wildman–Crippen MR) is 88.9 cm³/mol. The predicted octanol–water partition coefficient (Wildman–Crippen LogP) is 3.33. The number of rotatable bonds is 5. The Morgan fingerprint density at radius 3 is 2.74 bits per heavy atom. The van der Waals surface area contributed by atoms with E-state index in [4.69, 9.17) is 4.74 Å². The first-order valence-electron chi connectivity index (χ1n) is 7.64. The fourth-order valence-electron chi connectivity index (χ4n) is 2.88. The summed E-state index contributed by atoms with van der Waals surface area (Å²) in [4.78, 5) is 20.8. The fourth-order valence-corrected chi connectivity index (χ4v) is 2.88. The topological polar surface area (TPSA) is 57.0 Å². The zero-order valence-electron chi connectivity index (χ0n) is 13.5. The van der Waals surface area contributed by atoms with E-state index in [0.717, 1.165) is 28.8 Å². The van der Waals surface area contributed by atoms with Crippen LogP contribution < -0.4 is 4.74 Å². The number of hydrogen-bond donors (Lipinski definition) is 0. The van der Waals surface area contributed by atoms with Crippen molar-refractivity contribution in [2.24, 2.45) is 0 Å². The monoisotopic (exact) mass is 309 g/mol. The Balaban J connectivity index is 1.81. The summed E-state index contributed by atoms with van der Waals surface area (Å²) in [6.45, 7) is 6.85. The average molecular weight is 309 g/mol. The van der Waals surface area contributed by atoms with Crippen LogP contribution in [0, 0.1) is 13.8 Å². The summed E-state index contributed by atoms with van der Waals surface area (Å²) in [6.07, 6.45) is 1.45. The Hall–Kier alpha value is -2.69. The molecule has 5 nitrogen and oxygen atoms in total. The first-order valence-corrected chi connectivity index (χ1v) is 7.64. The standard InChI is InChI=1S/C18H19N3O2/c1-4-21-12(2)9-15(13(21)3)17(22)10-23-18-14-7-5-6-8-16(14)19-11-20-18/h5-9,11H,4,10H2,1-3H3. The number of carbonyl (C=O) groups excluding carboxylic acids is 1. The lowest BCUT2D eigenvalue weighted by Crippen LogP contribution is -2.13. The second kappa shape index (κ2) is 6.20. The summed E-state index contributed by atoms with van der Waals surface area (Å²) in [5, 5.41) is 0.807. The summed E-state index contributed by atoms with van der Waals surface area (Å²) in [6, 6.07) is 9.50. The van der Waals surface area contributed by atoms with Gasteiger partial charge in [-0.3, -0.25) is 4.79 Å². The molecule has 0 spiro atoms. The largest absolute Gasteiger partial charge is 0.469 e. The molecule has 0 atom stereocenters. The van der Waals surface area contributed by atoms with Gasteiger partial charge in [-0.15, -0.1) is 0 Å². The van der Waals surface area contributed by atoms with E-state index in [-0.39, 0.29) is 12.4 Å². The highest BCUT2D eigenvalue weighted by molar-refractivity contribution is 5.98. The van der Waals surface area contributed by atoms with E-state index in [1.54, 1.807) is 0 Å². The van der Waals surface area contributed by atoms with Crippen LogP contribution in [0.3, 0.4) is 0 Å². The van der Waals surface area contributed by atoms with Crippen LogP contribution in [0.4, 0.5) is 0 Å². The molecular weight excluding hydrogens is 290 g/mol. The zero-order chi connectivity index (χ0) is 16.4. The van der Waals surface area contributed by atoms with Crippen LogP contribution in [-0.2, 0) is 6.54 Å². The molecule has 23 heavy (non-hydrogen) atoms. The van der Waals surface area contributed by atoms with Crippen molar-refractivity contribution in [3.63, 3.8) is 0 Å². The van der Waals surface area contributed by atoms with Gasteiger partial charge in [-0.25, -0.2) is 9.97 Å². The minimum absolute atomic E-state index is 0.0327. The molecule has 5 heteroatoms. The van der Waals surface area contributed by atoms with Gasteiger partial charge in [0.15, 0.2) is 6.61 Å². The minimum atomic E-state index is -0.0412. The van der Waals surface area contributed by atoms with Crippen molar-refractivity contribution in [3.8, 4) is 5.88 Å². The summed E-state index contributed by atoms with van der Waals surface area (Å²) in [5.41, 5.74) is 3.57. The number of aryl methyl sites for hydroxylation is 1. The Bertz CT molecular complexity index is 863. The number of nitrogens with zero attached hydrogens (tertiary/aromatic N) is 3. The minimum Gasteiger partial charge on any atom is -0.469 e. The number of ketones is 1. The van der Waals surface area contributed by atoms with E-state index in [9.17, 15) is 4.79 Å². The lowest BCUT2D eigenvalue weighted by molar-refractivity contribution is 0.0918. The molecule has 3 aromatic rings. The highest BCUT2D eigenvalue weighted by Gasteiger charge is 2.16. The van der Waals surface area contributed by atoms with E-state index in [1.165, 1.54) is 6.33 Å². The molecule has 0 N–H and O–H groups in total. The van der Waals surface area contributed by atoms with Crippen molar-refractivity contribution in [2.45, 2.75) is 27.3 Å². The number of para-hydroxylation sites is 1. The van der Waals surface area contributed by atoms with Gasteiger partial charge in [-0.05, 0) is 39.0 Å². The molecule has 2 aromatic heterocycles.